The molecule has 1 aliphatic heterocycles. The van der Waals surface area contributed by atoms with Gasteiger partial charge in [-0.15, -0.1) is 0 Å². The minimum atomic E-state index is -5.67. The Morgan fingerprint density at radius 2 is 0.929 bits per heavy atom. The van der Waals surface area contributed by atoms with Crippen LogP contribution in [0, 0.1) is 0 Å². The lowest BCUT2D eigenvalue weighted by Gasteiger charge is -2.35. The zero-order chi connectivity index (χ0) is 73.3. The van der Waals surface area contributed by atoms with Crippen molar-refractivity contribution >= 4 is 98.5 Å². The molecule has 1 heterocycles. The molecule has 0 spiro atoms. The fraction of sp³-hybridized carbons (Fsp3) is 0.536. The normalized spacial score (nSPS) is 15.3. The van der Waals surface area contributed by atoms with E-state index >= 15 is 0 Å². The highest BCUT2D eigenvalue weighted by Gasteiger charge is 2.45. The molecule has 5 atom stereocenters. The first-order valence-electron chi connectivity index (χ1n) is 30.1. The summed E-state index contributed by atoms with van der Waals surface area (Å²) in [6, 6.07) is 5.20. The number of carboxylic acid groups (broad SMARTS) is 7. The predicted octanol–water partition coefficient (Wildman–Crippen LogP) is -5.13. The fourth-order valence-corrected chi connectivity index (χ4v) is 11.8. The van der Waals surface area contributed by atoms with E-state index in [2.05, 4.69) is 31.9 Å². The summed E-state index contributed by atoms with van der Waals surface area (Å²) in [6.07, 6.45) is -2.59. The number of ether oxygens (including phenoxy) is 1. The summed E-state index contributed by atoms with van der Waals surface area (Å²) >= 11 is 0. The summed E-state index contributed by atoms with van der Waals surface area (Å²) in [5.74, 6) is -15.2. The van der Waals surface area contributed by atoms with Gasteiger partial charge in [-0.05, 0) is 48.9 Å². The van der Waals surface area contributed by atoms with Crippen LogP contribution >= 0.6 is 15.2 Å². The number of benzene rings is 2. The van der Waals surface area contributed by atoms with Crippen LogP contribution < -0.4 is 47.3 Å². The number of unbranched alkanes of at least 4 members (excludes halogenated alkanes) is 1. The average Bonchev–Trinajstić information content (AvgIpc) is 0.843. The lowest BCUT2D eigenvalue weighted by atomic mass is 10.0. The Morgan fingerprint density at radius 1 is 0.449 bits per heavy atom. The molecule has 1 aliphatic rings. The molecule has 2 aromatic rings. The second kappa shape index (κ2) is 41.8. The molecule has 3 rings (SSSR count). The molecular formula is C56H82N12O28P2. The predicted molar refractivity (Wildman–Crippen MR) is 334 cm³/mol. The van der Waals surface area contributed by atoms with Crippen LogP contribution in [0.15, 0.2) is 54.6 Å². The number of aliphatic carboxylic acids is 7. The smallest absolute Gasteiger partial charge is 0.360 e. The van der Waals surface area contributed by atoms with Crippen molar-refractivity contribution in [3.8, 4) is 5.75 Å². The summed E-state index contributed by atoms with van der Waals surface area (Å²) in [6.45, 7) is -3.53. The van der Waals surface area contributed by atoms with Gasteiger partial charge in [0.25, 0.3) is 5.91 Å². The number of nitrogens with zero attached hydrogens (tertiary/aromatic N) is 4. The quantitative estimate of drug-likeness (QED) is 0.0219. The van der Waals surface area contributed by atoms with Gasteiger partial charge in [0.1, 0.15) is 36.0 Å². The second-order valence-corrected chi connectivity index (χ2v) is 26.0. The summed E-state index contributed by atoms with van der Waals surface area (Å²) in [5.41, 5.74) is -2.06. The van der Waals surface area contributed by atoms with Crippen molar-refractivity contribution < 1.29 is 136 Å². The van der Waals surface area contributed by atoms with Crippen molar-refractivity contribution in [3.05, 3.63) is 65.7 Å². The van der Waals surface area contributed by atoms with Crippen molar-refractivity contribution in [2.75, 3.05) is 98.2 Å². The summed E-state index contributed by atoms with van der Waals surface area (Å²) < 4.78 is 29.2. The Bertz CT molecular complexity index is 3140. The molecule has 40 nitrogen and oxygen atoms in total. The Morgan fingerprint density at radius 3 is 1.41 bits per heavy atom. The van der Waals surface area contributed by atoms with Crippen molar-refractivity contribution in [2.24, 2.45) is 0 Å². The van der Waals surface area contributed by atoms with Crippen molar-refractivity contribution in [3.63, 3.8) is 0 Å². The van der Waals surface area contributed by atoms with Gasteiger partial charge in [-0.3, -0.25) is 81.5 Å². The van der Waals surface area contributed by atoms with Gasteiger partial charge in [-0.2, -0.15) is 0 Å². The van der Waals surface area contributed by atoms with Crippen molar-refractivity contribution in [2.45, 2.75) is 93.5 Å². The lowest BCUT2D eigenvalue weighted by Crippen LogP contribution is -2.52. The van der Waals surface area contributed by atoms with Crippen LogP contribution in [0.2, 0.25) is 0 Å². The molecule has 0 aromatic heterocycles. The second-order valence-electron chi connectivity index (χ2n) is 22.2. The first-order valence-corrected chi connectivity index (χ1v) is 33.5. The van der Waals surface area contributed by atoms with Gasteiger partial charge in [-0.25, -0.2) is 14.4 Å². The van der Waals surface area contributed by atoms with Crippen LogP contribution in [0.25, 0.3) is 0 Å². The maximum absolute atomic E-state index is 13.6. The number of rotatable bonds is 41. The van der Waals surface area contributed by atoms with Crippen LogP contribution in [0.5, 0.6) is 5.75 Å². The van der Waals surface area contributed by atoms with E-state index in [1.807, 2.05) is 5.32 Å². The molecule has 2 unspecified atom stereocenters. The largest absolute Gasteiger partial charge is 0.484 e. The molecule has 0 bridgehead atoms. The third-order valence-electron chi connectivity index (χ3n) is 14.5. The molecule has 8 amide bonds. The van der Waals surface area contributed by atoms with Crippen LogP contribution in [-0.2, 0) is 84.3 Å². The Labute approximate surface area is 558 Å². The Kier molecular flexibility index (Phi) is 35.4. The number of carbonyl (C=O) groups excluding carboxylic acids is 7. The molecule has 42 heteroatoms. The molecule has 1 fully saturated rings. The number of hydrogen-bond acceptors (Lipinski definition) is 21. The van der Waals surface area contributed by atoms with E-state index in [4.69, 9.17) is 9.84 Å². The van der Waals surface area contributed by atoms with Gasteiger partial charge in [0.2, 0.25) is 35.1 Å². The van der Waals surface area contributed by atoms with E-state index in [1.165, 1.54) is 49.2 Å². The Balaban J connectivity index is 1.70. The molecule has 0 radical (unpaired) electrons. The van der Waals surface area contributed by atoms with Crippen molar-refractivity contribution in [1.29, 1.82) is 0 Å². The number of amides is 8. The molecule has 2 aromatic carbocycles. The van der Waals surface area contributed by atoms with E-state index < -0.39 is 193 Å². The molecule has 98 heavy (non-hydrogen) atoms. The number of urea groups is 1. The molecule has 0 aliphatic carbocycles. The zero-order valence-corrected chi connectivity index (χ0v) is 54.5. The van der Waals surface area contributed by atoms with E-state index in [1.54, 1.807) is 30.3 Å². The molecular weight excluding hydrogens is 1350 g/mol. The van der Waals surface area contributed by atoms with Crippen LogP contribution in [-0.4, -0.2) is 292 Å². The molecule has 19 N–H and O–H groups in total. The maximum Gasteiger partial charge on any atom is 0.360 e. The number of carbonyl (C=O) groups is 14. The standard InChI is InChI=1S/C56H82N12O28P2/c69-42(14-13-41(54(87)88)68-24-22-66(31-48(77)78)20-18-65(30-47(75)76)19-21-67(23-25-68)32-49(79)80)57-17-15-43(70)60-39(51(82)59-29-44(71)64-56(97(90,91)92)98(93,94)95)27-35-9-11-36(12-10-35)96-33-45(72)61-38(26-34-6-2-1-3-7-34)50(81)58-16-5-4-8-37(52(83)84)62-55(89)63-40(53(85)86)28-46(73)74/h1-3,6-7,9-12,37-41,56H,4-5,8,13-33H2,(H,57,69)(H,58,81)(H,59,82)(H,60,70)(H,61,72)(H,64,71)(H,73,74)(H,75,76)(H,77,78)(H,79,80)(H,83,84)(H,85,86)(H,87,88)(H2,62,63,89)(H2,90,91,92)(H2,93,94,95)/t37?,38-,39-,40-,41?/m0/s1. The van der Waals surface area contributed by atoms with Crippen LogP contribution in [0.1, 0.15) is 56.1 Å². The van der Waals surface area contributed by atoms with Crippen LogP contribution in [0.3, 0.4) is 0 Å². The molecule has 1 saturated heterocycles. The lowest BCUT2D eigenvalue weighted by molar-refractivity contribution is -0.145. The number of hydrogen-bond donors (Lipinski definition) is 19. The van der Waals surface area contributed by atoms with Gasteiger partial charge < -0.3 is 103 Å². The van der Waals surface area contributed by atoms with Gasteiger partial charge in [0.05, 0.1) is 32.6 Å². The van der Waals surface area contributed by atoms with E-state index in [-0.39, 0.29) is 109 Å². The third-order valence-corrected chi connectivity index (χ3v) is 17.8. The number of nitrogens with one attached hydrogen (secondary N) is 8. The Hall–Kier alpha value is -9.24. The van der Waals surface area contributed by atoms with Gasteiger partial charge in [0, 0.05) is 91.1 Å². The summed E-state index contributed by atoms with van der Waals surface area (Å²) in [5, 5.41) is 84.3. The monoisotopic (exact) mass is 1430 g/mol. The van der Waals surface area contributed by atoms with Crippen molar-refractivity contribution in [1.82, 2.24) is 62.1 Å². The van der Waals surface area contributed by atoms with Gasteiger partial charge in [-0.1, -0.05) is 42.5 Å². The van der Waals surface area contributed by atoms with E-state index in [0.29, 0.717) is 5.56 Å². The zero-order valence-electron chi connectivity index (χ0n) is 52.7. The first-order chi connectivity index (χ1) is 46.0. The average molecular weight is 1430 g/mol. The number of carboxylic acids is 7. The summed E-state index contributed by atoms with van der Waals surface area (Å²) in [7, 11) is -11.3. The molecule has 0 saturated carbocycles. The third kappa shape index (κ3) is 33.6. The SMILES string of the molecule is O=C(O)C[C@H](NC(=O)NC(CCCCNC(=O)[C@H](Cc1ccccc1)NC(=O)COc1ccc(C[C@H](NC(=O)CCNC(=O)CCC(C(=O)O)N2CCN(CC(=O)O)CCN(CC(=O)O)CCN(CC(=O)O)CC2)C(=O)NCC(=O)NC(P(=O)(O)O)P(=O)(O)O)cc1)C(=O)O)C(=O)O. The maximum atomic E-state index is 13.6. The molecule has 544 valence electrons. The van der Waals surface area contributed by atoms with Crippen LogP contribution in [0.4, 0.5) is 4.79 Å². The highest BCUT2D eigenvalue weighted by Crippen LogP contribution is 2.58. The van der Waals surface area contributed by atoms with E-state index in [9.17, 15) is 126 Å². The minimum absolute atomic E-state index is 0.00478. The highest BCUT2D eigenvalue weighted by molar-refractivity contribution is 7.70. The summed E-state index contributed by atoms with van der Waals surface area (Å²) in [4.78, 5) is 218. The van der Waals surface area contributed by atoms with E-state index in [0.717, 1.165) is 0 Å². The first kappa shape index (κ1) is 83.0. The highest BCUT2D eigenvalue weighted by atomic mass is 31.2. The topological polar surface area (TPSA) is 614 Å². The van der Waals surface area contributed by atoms with Gasteiger partial charge >= 0.3 is 63.0 Å². The minimum Gasteiger partial charge on any atom is -0.484 e. The van der Waals surface area contributed by atoms with Gasteiger partial charge in [0.15, 0.2) is 6.61 Å². The fourth-order valence-electron chi connectivity index (χ4n) is 9.57.